The zero-order valence-corrected chi connectivity index (χ0v) is 49.0. The number of amides is 4. The van der Waals surface area contributed by atoms with Crippen LogP contribution in [-0.4, -0.2) is 140 Å². The molecule has 20 nitrogen and oxygen atoms in total. The van der Waals surface area contributed by atoms with Gasteiger partial charge in [-0.25, -0.2) is 18.1 Å². The highest BCUT2D eigenvalue weighted by molar-refractivity contribution is 7.90. The lowest BCUT2D eigenvalue weighted by Crippen LogP contribution is -2.52. The first-order valence-corrected chi connectivity index (χ1v) is 30.6. The minimum atomic E-state index is -4.63. The maximum Gasteiger partial charge on any atom is 0.293 e. The van der Waals surface area contributed by atoms with E-state index in [9.17, 15) is 37.7 Å². The quantitative estimate of drug-likeness (QED) is 0.0207. The molecule has 2 aromatic heterocycles. The second-order valence-corrected chi connectivity index (χ2v) is 25.3. The fourth-order valence-electron chi connectivity index (χ4n) is 12.0. The van der Waals surface area contributed by atoms with Crippen LogP contribution in [-0.2, 0) is 30.9 Å². The number of likely N-dealkylation sites (tertiary alicyclic amines) is 1. The molecule has 1 unspecified atom stereocenters. The number of H-pyrrole nitrogens is 1. The lowest BCUT2D eigenvalue weighted by molar-refractivity contribution is -0.384. The molecule has 0 spiro atoms. The number of piperazine rings is 1. The van der Waals surface area contributed by atoms with Gasteiger partial charge in [-0.3, -0.25) is 39.5 Å². The van der Waals surface area contributed by atoms with E-state index in [0.717, 1.165) is 92.6 Å². The van der Waals surface area contributed by atoms with Gasteiger partial charge in [0.25, 0.3) is 27.5 Å². The van der Waals surface area contributed by atoms with Gasteiger partial charge in [-0.1, -0.05) is 61.1 Å². The van der Waals surface area contributed by atoms with Crippen LogP contribution < -0.4 is 25.0 Å². The number of hydrogen-bond donors (Lipinski definition) is 4. The molecule has 1 aliphatic carbocycles. The summed E-state index contributed by atoms with van der Waals surface area (Å²) in [7, 11) is -4.63. The number of fused-ring (bicyclic) bond motifs is 2. The van der Waals surface area contributed by atoms with Gasteiger partial charge in [0.05, 0.1) is 28.2 Å². The van der Waals surface area contributed by atoms with Crippen molar-refractivity contribution in [2.24, 2.45) is 11.3 Å². The van der Waals surface area contributed by atoms with E-state index in [2.05, 4.69) is 77.8 Å². The van der Waals surface area contributed by atoms with E-state index in [1.54, 1.807) is 30.5 Å². The van der Waals surface area contributed by atoms with Crippen LogP contribution in [0.4, 0.5) is 17.1 Å². The number of piperidine rings is 2. The van der Waals surface area contributed by atoms with E-state index in [1.165, 1.54) is 46.0 Å². The highest BCUT2D eigenvalue weighted by atomic mass is 35.5. The fraction of sp³-hybridized carbons (Fsp3) is 0.381. The molecule has 22 heteroatoms. The monoisotopic (exact) mass is 1190 g/mol. The summed E-state index contributed by atoms with van der Waals surface area (Å²) in [4.78, 5) is 78.7. The number of pyridine rings is 1. The second kappa shape index (κ2) is 25.2. The average molecular weight is 1190 g/mol. The number of halogens is 1. The molecule has 85 heavy (non-hydrogen) atoms. The lowest BCUT2D eigenvalue weighted by Gasteiger charge is -2.39. The molecular weight excluding hydrogens is 1120 g/mol. The molecule has 0 bridgehead atoms. The molecule has 0 radical (unpaired) electrons. The molecule has 5 aliphatic rings. The minimum absolute atomic E-state index is 0.0607. The molecule has 4 amide bonds. The summed E-state index contributed by atoms with van der Waals surface area (Å²) in [6, 6.07) is 25.1. The second-order valence-electron chi connectivity index (χ2n) is 23.2. The highest BCUT2D eigenvalue weighted by Gasteiger charge is 2.39. The number of nitrogens with one attached hydrogen (secondary N) is 4. The Kier molecular flexibility index (Phi) is 17.4. The summed E-state index contributed by atoms with van der Waals surface area (Å²) in [5, 5.41) is 19.4. The first-order valence-electron chi connectivity index (χ1n) is 28.8. The van der Waals surface area contributed by atoms with Crippen LogP contribution in [0.2, 0.25) is 5.02 Å². The number of aromatic amines is 1. The van der Waals surface area contributed by atoms with Crippen LogP contribution >= 0.6 is 11.6 Å². The molecule has 4 N–H and O–H groups in total. The number of benzene rings is 4. The van der Waals surface area contributed by atoms with Crippen molar-refractivity contribution in [2.75, 3.05) is 82.3 Å². The third-order valence-corrected chi connectivity index (χ3v) is 18.4. The average Bonchev–Trinajstić information content (AvgIpc) is 3.11. The highest BCUT2D eigenvalue weighted by Crippen LogP contribution is 2.44. The number of nitrogens with zero attached hydrogens (tertiary/aromatic N) is 6. The predicted molar refractivity (Wildman–Crippen MR) is 323 cm³/mol. The number of carbonyl (C=O) groups is 4. The molecule has 442 valence electrons. The molecule has 6 aromatic rings. The normalized spacial score (nSPS) is 18.7. The largest absolute Gasteiger partial charge is 0.455 e. The number of hydrogen-bond acceptors (Lipinski definition) is 15. The molecular formula is C63H67ClN10O10S. The van der Waals surface area contributed by atoms with Gasteiger partial charge in [-0.15, -0.1) is 0 Å². The van der Waals surface area contributed by atoms with Gasteiger partial charge in [0.1, 0.15) is 35.5 Å². The standard InChI is InChI=1S/C63H67ClN10O10S/c1-63(2)21-17-46(53(36-63)43-7-9-47(64)10-8-43)39-71-25-27-72(28-26-71)48-11-13-51(57(34-48)84-49-33-44-18-22-65-59(44)67-38-49)60(76)69-85(81,82)50-12-14-54(56(35-50)74(79)80)66-37-42-19-23-70(24-20-42)29-31-83-30-3-4-41-5-6-45-40-73(62(78)52(45)32-41)55-15-16-58(75)68-61(55)77/h5-14,18,22,32-35,38,42,55,66H,15-17,19-21,23-31,36-37,39-40H2,1-2H3,(H,65,67)(H,69,76)(H,68,75,77). The Hall–Kier alpha value is -8.13. The van der Waals surface area contributed by atoms with Crippen LogP contribution in [0.25, 0.3) is 16.6 Å². The third-order valence-electron chi connectivity index (χ3n) is 16.8. The van der Waals surface area contributed by atoms with E-state index in [1.807, 2.05) is 30.3 Å². The summed E-state index contributed by atoms with van der Waals surface area (Å²) < 4.78 is 42.2. The Balaban J connectivity index is 0.674. The molecule has 4 aromatic carbocycles. The van der Waals surface area contributed by atoms with E-state index in [0.29, 0.717) is 68.3 Å². The zero-order valence-electron chi connectivity index (χ0n) is 47.5. The van der Waals surface area contributed by atoms with Crippen molar-refractivity contribution in [1.82, 2.24) is 34.7 Å². The summed E-state index contributed by atoms with van der Waals surface area (Å²) in [5.74, 6) is 4.69. The van der Waals surface area contributed by atoms with Crippen LogP contribution in [0.1, 0.15) is 96.2 Å². The van der Waals surface area contributed by atoms with Crippen molar-refractivity contribution in [2.45, 2.75) is 76.3 Å². The van der Waals surface area contributed by atoms with Gasteiger partial charge in [-0.2, -0.15) is 0 Å². The van der Waals surface area contributed by atoms with Gasteiger partial charge >= 0.3 is 0 Å². The van der Waals surface area contributed by atoms with Crippen molar-refractivity contribution in [3.8, 4) is 23.3 Å². The zero-order chi connectivity index (χ0) is 59.4. The van der Waals surface area contributed by atoms with Crippen molar-refractivity contribution in [1.29, 1.82) is 0 Å². The Labute approximate surface area is 498 Å². The summed E-state index contributed by atoms with van der Waals surface area (Å²) in [6.45, 7) is 12.2. The molecule has 3 saturated heterocycles. The summed E-state index contributed by atoms with van der Waals surface area (Å²) in [5.41, 5.74) is 7.32. The number of aromatic nitrogens is 2. The molecule has 4 aliphatic heterocycles. The van der Waals surface area contributed by atoms with Crippen LogP contribution in [0.5, 0.6) is 11.5 Å². The number of ether oxygens (including phenoxy) is 2. The molecule has 0 saturated carbocycles. The van der Waals surface area contributed by atoms with Crippen LogP contribution in [0.15, 0.2) is 114 Å². The Morgan fingerprint density at radius 2 is 1.72 bits per heavy atom. The first-order chi connectivity index (χ1) is 40.9. The number of carbonyl (C=O) groups excluding carboxylic acids is 4. The maximum absolute atomic E-state index is 14.1. The minimum Gasteiger partial charge on any atom is -0.455 e. The van der Waals surface area contributed by atoms with E-state index in [4.69, 9.17) is 21.1 Å². The SMILES string of the molecule is CC1(C)CCC(CN2CCN(c3ccc(C(=O)NS(=O)(=O)c4ccc(NCC5CCN(CCOCC#Cc6ccc7c(c6)C(=O)N(C6CCC(=O)NC6=O)C7)CC5)c([N+](=O)[O-])c4)c(Oc4cnc5[nH]ccc5c4)c3)CC2)=C(c2ccc(Cl)cc2)C1. The van der Waals surface area contributed by atoms with Crippen LogP contribution in [0.3, 0.4) is 0 Å². The summed E-state index contributed by atoms with van der Waals surface area (Å²) >= 11 is 6.27. The first kappa shape index (κ1) is 58.6. The number of nitro groups is 1. The van der Waals surface area contributed by atoms with Gasteiger partial charge in [0, 0.05) is 104 Å². The van der Waals surface area contributed by atoms with E-state index in [-0.39, 0.29) is 53.2 Å². The Morgan fingerprint density at radius 1 is 0.918 bits per heavy atom. The number of sulfonamides is 1. The predicted octanol–water partition coefficient (Wildman–Crippen LogP) is 8.77. The molecule has 6 heterocycles. The molecule has 3 fully saturated rings. The van der Waals surface area contributed by atoms with Gasteiger partial charge in [0.2, 0.25) is 11.8 Å². The van der Waals surface area contributed by atoms with Crippen molar-refractivity contribution in [3.05, 3.63) is 152 Å². The number of anilines is 2. The van der Waals surface area contributed by atoms with Crippen molar-refractivity contribution in [3.63, 3.8) is 0 Å². The number of imide groups is 1. The Morgan fingerprint density at radius 3 is 2.49 bits per heavy atom. The third kappa shape index (κ3) is 13.9. The lowest BCUT2D eigenvalue weighted by atomic mass is 9.72. The van der Waals surface area contributed by atoms with Gasteiger partial charge < -0.3 is 34.5 Å². The molecule has 11 rings (SSSR count). The van der Waals surface area contributed by atoms with Gasteiger partial charge in [-0.05, 0) is 140 Å². The Bertz CT molecular complexity index is 3780. The topological polar surface area (TPSA) is 242 Å². The van der Waals surface area contributed by atoms with Crippen molar-refractivity contribution >= 4 is 78.9 Å². The fourth-order valence-corrected chi connectivity index (χ4v) is 13.1. The van der Waals surface area contributed by atoms with Crippen LogP contribution in [0, 0.1) is 33.3 Å². The van der Waals surface area contributed by atoms with Crippen molar-refractivity contribution < 1.29 is 42.0 Å². The van der Waals surface area contributed by atoms with Gasteiger partial charge in [0.15, 0.2) is 0 Å². The maximum atomic E-state index is 14.1. The van der Waals surface area contributed by atoms with E-state index < -0.39 is 43.4 Å². The number of rotatable bonds is 18. The summed E-state index contributed by atoms with van der Waals surface area (Å²) in [6.07, 6.45) is 8.55. The number of allylic oxidation sites excluding steroid dienone is 1. The smallest absolute Gasteiger partial charge is 0.293 e. The van der Waals surface area contributed by atoms with E-state index >= 15 is 0 Å². The number of nitro benzene ring substituents is 1. The molecule has 1 atom stereocenters.